The Bertz CT molecular complexity index is 138. The first kappa shape index (κ1) is 9.96. The average molecular weight is 172 g/mol. The molecule has 3 nitrogen and oxygen atoms in total. The molecule has 1 aliphatic heterocycles. The third-order valence-electron chi connectivity index (χ3n) is 2.29. The largest absolute Gasteiger partial charge is 0.377 e. The van der Waals surface area contributed by atoms with E-state index in [-0.39, 0.29) is 11.6 Å². The molecule has 0 amide bonds. The van der Waals surface area contributed by atoms with Crippen molar-refractivity contribution in [3.05, 3.63) is 0 Å². The zero-order valence-corrected chi connectivity index (χ0v) is 8.26. The fourth-order valence-corrected chi connectivity index (χ4v) is 1.01. The lowest BCUT2D eigenvalue weighted by molar-refractivity contribution is -0.0509. The molecule has 1 rings (SSSR count). The summed E-state index contributed by atoms with van der Waals surface area (Å²) in [6.45, 7) is 8.19. The van der Waals surface area contributed by atoms with Gasteiger partial charge in [0.15, 0.2) is 0 Å². The van der Waals surface area contributed by atoms with Crippen LogP contribution in [0.1, 0.15) is 27.2 Å². The molecular weight excluding hydrogens is 152 g/mol. The van der Waals surface area contributed by atoms with Crippen LogP contribution in [0.4, 0.5) is 0 Å². The van der Waals surface area contributed by atoms with E-state index in [0.29, 0.717) is 6.10 Å². The molecule has 0 spiro atoms. The van der Waals surface area contributed by atoms with E-state index in [1.807, 2.05) is 0 Å². The molecule has 1 fully saturated rings. The summed E-state index contributed by atoms with van der Waals surface area (Å²) in [5.74, 6) is 0. The Hall–Kier alpha value is -0.120. The van der Waals surface area contributed by atoms with Crippen LogP contribution >= 0.6 is 0 Å². The monoisotopic (exact) mass is 172 g/mol. The van der Waals surface area contributed by atoms with Gasteiger partial charge in [0.1, 0.15) is 0 Å². The van der Waals surface area contributed by atoms with Crippen LogP contribution in [0.25, 0.3) is 0 Å². The quantitative estimate of drug-likeness (QED) is 0.616. The van der Waals surface area contributed by atoms with Crippen LogP contribution in [-0.4, -0.2) is 25.4 Å². The molecule has 3 heteroatoms. The van der Waals surface area contributed by atoms with Crippen molar-refractivity contribution in [1.82, 2.24) is 5.32 Å². The summed E-state index contributed by atoms with van der Waals surface area (Å²) in [4.78, 5) is 0. The molecule has 0 aromatic rings. The average Bonchev–Trinajstić information content (AvgIpc) is 1.81. The van der Waals surface area contributed by atoms with E-state index in [0.717, 1.165) is 13.2 Å². The lowest BCUT2D eigenvalue weighted by Crippen LogP contribution is -2.51. The Balaban J connectivity index is 2.13. The minimum atomic E-state index is 0.0571. The van der Waals surface area contributed by atoms with Crippen molar-refractivity contribution < 1.29 is 4.74 Å². The lowest BCUT2D eigenvalue weighted by Gasteiger charge is -2.32. The number of nitrogens with one attached hydrogen (secondary N) is 1. The summed E-state index contributed by atoms with van der Waals surface area (Å²) < 4.78 is 5.28. The Morgan fingerprint density at radius 1 is 1.58 bits per heavy atom. The van der Waals surface area contributed by atoms with Crippen molar-refractivity contribution in [3.8, 4) is 0 Å². The van der Waals surface area contributed by atoms with Crippen molar-refractivity contribution in [2.75, 3.05) is 13.2 Å². The van der Waals surface area contributed by atoms with Crippen LogP contribution in [0.5, 0.6) is 0 Å². The normalized spacial score (nSPS) is 26.5. The van der Waals surface area contributed by atoms with Crippen LogP contribution < -0.4 is 11.1 Å². The highest BCUT2D eigenvalue weighted by Gasteiger charge is 2.23. The van der Waals surface area contributed by atoms with Gasteiger partial charge in [0, 0.05) is 13.2 Å². The lowest BCUT2D eigenvalue weighted by atomic mass is 9.92. The first-order valence-electron chi connectivity index (χ1n) is 4.61. The maximum Gasteiger partial charge on any atom is 0.0721 e. The fraction of sp³-hybridized carbons (Fsp3) is 1.00. The molecule has 1 saturated heterocycles. The van der Waals surface area contributed by atoms with E-state index >= 15 is 0 Å². The Morgan fingerprint density at radius 2 is 2.17 bits per heavy atom. The molecule has 12 heavy (non-hydrogen) atoms. The summed E-state index contributed by atoms with van der Waals surface area (Å²) in [5.41, 5.74) is 6.04. The molecule has 0 saturated carbocycles. The van der Waals surface area contributed by atoms with Crippen LogP contribution in [0.3, 0.4) is 0 Å². The van der Waals surface area contributed by atoms with Gasteiger partial charge in [-0.05, 0) is 11.8 Å². The predicted molar refractivity (Wildman–Crippen MR) is 49.8 cm³/mol. The van der Waals surface area contributed by atoms with Crippen molar-refractivity contribution in [1.29, 1.82) is 0 Å². The van der Waals surface area contributed by atoms with E-state index in [1.54, 1.807) is 0 Å². The fourth-order valence-electron chi connectivity index (χ4n) is 1.01. The topological polar surface area (TPSA) is 47.3 Å². The maximum absolute atomic E-state index is 5.91. The maximum atomic E-state index is 5.91. The number of nitrogens with two attached hydrogens (primary N) is 1. The van der Waals surface area contributed by atoms with Crippen molar-refractivity contribution in [3.63, 3.8) is 0 Å². The third kappa shape index (κ3) is 2.73. The van der Waals surface area contributed by atoms with Crippen LogP contribution in [0.2, 0.25) is 0 Å². The second-order valence-corrected chi connectivity index (χ2v) is 4.53. The highest BCUT2D eigenvalue weighted by Crippen LogP contribution is 2.16. The second-order valence-electron chi connectivity index (χ2n) is 4.53. The highest BCUT2D eigenvalue weighted by molar-refractivity contribution is 4.78. The van der Waals surface area contributed by atoms with Gasteiger partial charge < -0.3 is 10.5 Å². The minimum Gasteiger partial charge on any atom is -0.377 e. The molecule has 0 bridgehead atoms. The van der Waals surface area contributed by atoms with E-state index < -0.39 is 0 Å². The first-order valence-corrected chi connectivity index (χ1v) is 4.61. The van der Waals surface area contributed by atoms with E-state index in [9.17, 15) is 0 Å². The molecule has 3 N–H and O–H groups in total. The molecule has 72 valence electrons. The highest BCUT2D eigenvalue weighted by atomic mass is 16.5. The van der Waals surface area contributed by atoms with Gasteiger partial charge in [-0.25, -0.2) is 0 Å². The van der Waals surface area contributed by atoms with Crippen molar-refractivity contribution in [2.45, 2.75) is 39.5 Å². The second kappa shape index (κ2) is 3.73. The molecule has 0 radical (unpaired) electrons. The van der Waals surface area contributed by atoms with Gasteiger partial charge in [0.25, 0.3) is 0 Å². The molecule has 1 heterocycles. The zero-order chi connectivity index (χ0) is 9.19. The molecule has 0 aromatic carbocycles. The van der Waals surface area contributed by atoms with Gasteiger partial charge in [0.2, 0.25) is 0 Å². The number of rotatable bonds is 3. The molecule has 0 aromatic heterocycles. The summed E-state index contributed by atoms with van der Waals surface area (Å²) >= 11 is 0. The van der Waals surface area contributed by atoms with Gasteiger partial charge in [0.05, 0.1) is 12.3 Å². The summed E-state index contributed by atoms with van der Waals surface area (Å²) in [5, 5.41) is 3.28. The number of ether oxygens (including phenoxy) is 1. The Kier molecular flexibility index (Phi) is 3.09. The van der Waals surface area contributed by atoms with Gasteiger partial charge in [-0.3, -0.25) is 5.32 Å². The van der Waals surface area contributed by atoms with Crippen LogP contribution in [-0.2, 0) is 4.74 Å². The first-order chi connectivity index (χ1) is 5.50. The zero-order valence-electron chi connectivity index (χ0n) is 8.26. The van der Waals surface area contributed by atoms with Gasteiger partial charge in [-0.2, -0.15) is 0 Å². The molecule has 1 unspecified atom stereocenters. The van der Waals surface area contributed by atoms with Crippen LogP contribution in [0, 0.1) is 5.41 Å². The molecular formula is C9H20N2O. The van der Waals surface area contributed by atoms with Gasteiger partial charge in [-0.1, -0.05) is 20.8 Å². The summed E-state index contributed by atoms with van der Waals surface area (Å²) in [7, 11) is 0. The van der Waals surface area contributed by atoms with Gasteiger partial charge in [-0.15, -0.1) is 0 Å². The van der Waals surface area contributed by atoms with Crippen molar-refractivity contribution in [2.24, 2.45) is 11.1 Å². The van der Waals surface area contributed by atoms with Crippen LogP contribution in [0.15, 0.2) is 0 Å². The molecule has 0 aliphatic carbocycles. The summed E-state index contributed by atoms with van der Waals surface area (Å²) in [6, 6.07) is 0. The SMILES string of the molecule is CC(C)(C)C(N)NC[C@@H]1CCO1. The van der Waals surface area contributed by atoms with E-state index in [1.165, 1.54) is 6.42 Å². The van der Waals surface area contributed by atoms with E-state index in [2.05, 4.69) is 26.1 Å². The van der Waals surface area contributed by atoms with Gasteiger partial charge >= 0.3 is 0 Å². The van der Waals surface area contributed by atoms with E-state index in [4.69, 9.17) is 10.5 Å². The third-order valence-corrected chi connectivity index (χ3v) is 2.29. The molecule has 1 aliphatic rings. The summed E-state index contributed by atoms with van der Waals surface area (Å²) in [6.07, 6.45) is 1.63. The minimum absolute atomic E-state index is 0.0571. The number of hydrogen-bond donors (Lipinski definition) is 2. The molecule has 2 atom stereocenters. The smallest absolute Gasteiger partial charge is 0.0721 e. The predicted octanol–water partition coefficient (Wildman–Crippen LogP) is 0.696. The Morgan fingerprint density at radius 3 is 2.50 bits per heavy atom. The van der Waals surface area contributed by atoms with Crippen molar-refractivity contribution >= 4 is 0 Å². The number of hydrogen-bond acceptors (Lipinski definition) is 3. The standard InChI is InChI=1S/C9H20N2O/c1-9(2,3)8(10)11-6-7-4-5-12-7/h7-8,11H,4-6,10H2,1-3H3/t7-,8?/m0/s1. The Labute approximate surface area is 74.7 Å².